The summed E-state index contributed by atoms with van der Waals surface area (Å²) >= 11 is 0. The van der Waals surface area contributed by atoms with E-state index in [9.17, 15) is 4.79 Å². The summed E-state index contributed by atoms with van der Waals surface area (Å²) < 4.78 is 0. The zero-order valence-corrected chi connectivity index (χ0v) is 15.6. The van der Waals surface area contributed by atoms with E-state index in [1.165, 1.54) is 37.7 Å². The molecule has 4 rings (SSSR count). The van der Waals surface area contributed by atoms with Gasteiger partial charge in [0.25, 0.3) is 0 Å². The number of carbonyl (C=O) groups excluding carboxylic acids is 1. The van der Waals surface area contributed by atoms with Crippen molar-refractivity contribution in [1.29, 1.82) is 0 Å². The molecule has 0 radical (unpaired) electrons. The molecule has 1 atom stereocenters. The molecule has 26 heavy (non-hydrogen) atoms. The van der Waals surface area contributed by atoms with Crippen molar-refractivity contribution in [2.45, 2.75) is 51.4 Å². The third-order valence-corrected chi connectivity index (χ3v) is 6.38. The number of rotatable bonds is 4. The third kappa shape index (κ3) is 4.08. The van der Waals surface area contributed by atoms with E-state index in [2.05, 4.69) is 25.8 Å². The number of hydrogen-bond donors (Lipinski definition) is 0. The SMILES string of the molecule is O=C(CC1=CCCCC1)N1CCC(C2CCN(c3ncccn3)CC2)C1. The number of nitrogens with zero attached hydrogens (tertiary/aromatic N) is 4. The van der Waals surface area contributed by atoms with E-state index < -0.39 is 0 Å². The van der Waals surface area contributed by atoms with Crippen molar-refractivity contribution < 1.29 is 4.79 Å². The molecule has 5 nitrogen and oxygen atoms in total. The molecule has 2 fully saturated rings. The molecule has 0 bridgehead atoms. The zero-order chi connectivity index (χ0) is 17.8. The molecule has 1 aliphatic carbocycles. The van der Waals surface area contributed by atoms with Gasteiger partial charge >= 0.3 is 0 Å². The van der Waals surface area contributed by atoms with E-state index in [1.54, 1.807) is 0 Å². The van der Waals surface area contributed by atoms with Gasteiger partial charge in [0.15, 0.2) is 0 Å². The lowest BCUT2D eigenvalue weighted by Crippen LogP contribution is -2.38. The Morgan fingerprint density at radius 1 is 1.04 bits per heavy atom. The summed E-state index contributed by atoms with van der Waals surface area (Å²) in [5.74, 6) is 2.63. The van der Waals surface area contributed by atoms with Crippen molar-refractivity contribution in [2.75, 3.05) is 31.1 Å². The quantitative estimate of drug-likeness (QED) is 0.777. The maximum Gasteiger partial charge on any atom is 0.226 e. The van der Waals surface area contributed by atoms with E-state index in [0.29, 0.717) is 18.2 Å². The second-order valence-corrected chi connectivity index (χ2v) is 8.05. The molecule has 0 N–H and O–H groups in total. The van der Waals surface area contributed by atoms with E-state index in [4.69, 9.17) is 0 Å². The lowest BCUT2D eigenvalue weighted by molar-refractivity contribution is -0.129. The van der Waals surface area contributed by atoms with Crippen LogP contribution in [0.15, 0.2) is 30.1 Å². The van der Waals surface area contributed by atoms with Gasteiger partial charge in [0.05, 0.1) is 0 Å². The van der Waals surface area contributed by atoms with Crippen LogP contribution in [0.2, 0.25) is 0 Å². The molecule has 2 aliphatic heterocycles. The molecule has 0 saturated carbocycles. The molecule has 1 aromatic heterocycles. The number of aromatic nitrogens is 2. The average Bonchev–Trinajstić information content (AvgIpc) is 3.20. The summed E-state index contributed by atoms with van der Waals surface area (Å²) in [4.78, 5) is 25.8. The molecule has 3 heterocycles. The molecular formula is C21H30N4O. The van der Waals surface area contributed by atoms with E-state index >= 15 is 0 Å². The fraction of sp³-hybridized carbons (Fsp3) is 0.667. The van der Waals surface area contributed by atoms with Gasteiger partial charge in [-0.25, -0.2) is 9.97 Å². The van der Waals surface area contributed by atoms with E-state index in [1.807, 2.05) is 18.5 Å². The van der Waals surface area contributed by atoms with Gasteiger partial charge in [0, 0.05) is 45.0 Å². The molecule has 1 aromatic rings. The Morgan fingerprint density at radius 3 is 2.54 bits per heavy atom. The van der Waals surface area contributed by atoms with Crippen LogP contribution >= 0.6 is 0 Å². The smallest absolute Gasteiger partial charge is 0.226 e. The van der Waals surface area contributed by atoms with Crippen molar-refractivity contribution in [3.63, 3.8) is 0 Å². The molecule has 0 aromatic carbocycles. The summed E-state index contributed by atoms with van der Waals surface area (Å²) in [5.41, 5.74) is 1.38. The van der Waals surface area contributed by atoms with Crippen LogP contribution in [0.3, 0.4) is 0 Å². The number of anilines is 1. The summed E-state index contributed by atoms with van der Waals surface area (Å²) in [5, 5.41) is 0. The number of amides is 1. The monoisotopic (exact) mass is 354 g/mol. The predicted octanol–water partition coefficient (Wildman–Crippen LogP) is 3.43. The van der Waals surface area contributed by atoms with Crippen LogP contribution in [-0.4, -0.2) is 47.0 Å². The zero-order valence-electron chi connectivity index (χ0n) is 15.6. The second kappa shape index (κ2) is 8.19. The Hall–Kier alpha value is -1.91. The highest BCUT2D eigenvalue weighted by molar-refractivity contribution is 5.79. The minimum absolute atomic E-state index is 0.357. The lowest BCUT2D eigenvalue weighted by Gasteiger charge is -2.34. The highest BCUT2D eigenvalue weighted by Crippen LogP contribution is 2.33. The van der Waals surface area contributed by atoms with E-state index in [-0.39, 0.29) is 0 Å². The average molecular weight is 354 g/mol. The van der Waals surface area contributed by atoms with Crippen molar-refractivity contribution in [1.82, 2.24) is 14.9 Å². The van der Waals surface area contributed by atoms with Crippen LogP contribution in [0.1, 0.15) is 51.4 Å². The van der Waals surface area contributed by atoms with Crippen LogP contribution in [-0.2, 0) is 4.79 Å². The standard InChI is InChI=1S/C21H30N4O/c26-20(15-17-5-2-1-3-6-17)25-14-9-19(16-25)18-7-12-24(13-8-18)21-22-10-4-11-23-21/h4-5,10-11,18-19H,1-3,6-9,12-16H2. The van der Waals surface area contributed by atoms with Gasteiger partial charge < -0.3 is 9.80 Å². The first-order valence-corrected chi connectivity index (χ1v) is 10.3. The first-order chi connectivity index (χ1) is 12.8. The number of hydrogen-bond acceptors (Lipinski definition) is 4. The predicted molar refractivity (Wildman–Crippen MR) is 103 cm³/mol. The minimum atomic E-state index is 0.357. The second-order valence-electron chi connectivity index (χ2n) is 8.05. The van der Waals surface area contributed by atoms with Crippen LogP contribution < -0.4 is 4.90 Å². The molecule has 1 unspecified atom stereocenters. The van der Waals surface area contributed by atoms with Gasteiger partial charge in [0.2, 0.25) is 11.9 Å². The Balaban J connectivity index is 1.25. The van der Waals surface area contributed by atoms with Crippen LogP contribution in [0.25, 0.3) is 0 Å². The van der Waals surface area contributed by atoms with Crippen molar-refractivity contribution in [3.8, 4) is 0 Å². The lowest BCUT2D eigenvalue weighted by atomic mass is 9.84. The Labute approximate surface area is 156 Å². The van der Waals surface area contributed by atoms with Crippen molar-refractivity contribution >= 4 is 11.9 Å². The molecule has 2 saturated heterocycles. The topological polar surface area (TPSA) is 49.3 Å². The van der Waals surface area contributed by atoms with Crippen molar-refractivity contribution in [3.05, 3.63) is 30.1 Å². The molecule has 1 amide bonds. The van der Waals surface area contributed by atoms with E-state index in [0.717, 1.165) is 50.9 Å². The fourth-order valence-corrected chi connectivity index (χ4v) is 4.80. The summed E-state index contributed by atoms with van der Waals surface area (Å²) in [6.07, 6.45) is 15.0. The van der Waals surface area contributed by atoms with Crippen LogP contribution in [0, 0.1) is 11.8 Å². The summed E-state index contributed by atoms with van der Waals surface area (Å²) in [7, 11) is 0. The Bertz CT molecular complexity index is 637. The maximum absolute atomic E-state index is 12.6. The summed E-state index contributed by atoms with van der Waals surface area (Å²) in [6, 6.07) is 1.86. The first kappa shape index (κ1) is 17.5. The van der Waals surface area contributed by atoms with Crippen LogP contribution in [0.5, 0.6) is 0 Å². The van der Waals surface area contributed by atoms with Gasteiger partial charge in [-0.05, 0) is 62.8 Å². The number of likely N-dealkylation sites (tertiary alicyclic amines) is 1. The Kier molecular flexibility index (Phi) is 5.51. The van der Waals surface area contributed by atoms with Gasteiger partial charge in [-0.2, -0.15) is 0 Å². The number of allylic oxidation sites excluding steroid dienone is 1. The number of piperidine rings is 1. The van der Waals surface area contributed by atoms with Gasteiger partial charge in [0.1, 0.15) is 0 Å². The summed E-state index contributed by atoms with van der Waals surface area (Å²) in [6.45, 7) is 4.00. The van der Waals surface area contributed by atoms with Gasteiger partial charge in [-0.1, -0.05) is 11.6 Å². The highest BCUT2D eigenvalue weighted by atomic mass is 16.2. The van der Waals surface area contributed by atoms with Crippen LogP contribution in [0.4, 0.5) is 5.95 Å². The largest absolute Gasteiger partial charge is 0.342 e. The third-order valence-electron chi connectivity index (χ3n) is 6.38. The molecule has 0 spiro atoms. The molecule has 3 aliphatic rings. The highest BCUT2D eigenvalue weighted by Gasteiger charge is 2.34. The first-order valence-electron chi connectivity index (χ1n) is 10.3. The normalized spacial score (nSPS) is 24.6. The minimum Gasteiger partial charge on any atom is -0.342 e. The fourth-order valence-electron chi connectivity index (χ4n) is 4.80. The molecular weight excluding hydrogens is 324 g/mol. The number of carbonyl (C=O) groups is 1. The maximum atomic E-state index is 12.6. The molecule has 140 valence electrons. The van der Waals surface area contributed by atoms with Crippen molar-refractivity contribution in [2.24, 2.45) is 11.8 Å². The van der Waals surface area contributed by atoms with Gasteiger partial charge in [-0.3, -0.25) is 4.79 Å². The Morgan fingerprint density at radius 2 is 1.81 bits per heavy atom. The van der Waals surface area contributed by atoms with Gasteiger partial charge in [-0.15, -0.1) is 0 Å². The molecule has 5 heteroatoms.